The molecule has 142 valence electrons. The number of halogens is 1. The van der Waals surface area contributed by atoms with Gasteiger partial charge >= 0.3 is 0 Å². The van der Waals surface area contributed by atoms with Crippen LogP contribution in [-0.2, 0) is 4.79 Å². The van der Waals surface area contributed by atoms with Crippen LogP contribution in [0.15, 0.2) is 77.3 Å². The SMILES string of the molecule is Cc1ccc(C(=O)NNC(=O)COc2ccccc2-c2ccccc2)cc1Br. The van der Waals surface area contributed by atoms with Gasteiger partial charge in [-0.25, -0.2) is 0 Å². The first kappa shape index (κ1) is 19.6. The molecule has 0 saturated heterocycles. The minimum atomic E-state index is -0.456. The van der Waals surface area contributed by atoms with Crippen LogP contribution in [0.4, 0.5) is 0 Å². The van der Waals surface area contributed by atoms with Crippen molar-refractivity contribution in [1.29, 1.82) is 0 Å². The van der Waals surface area contributed by atoms with Gasteiger partial charge in [-0.1, -0.05) is 70.5 Å². The summed E-state index contributed by atoms with van der Waals surface area (Å²) in [6.07, 6.45) is 0. The minimum Gasteiger partial charge on any atom is -0.483 e. The van der Waals surface area contributed by atoms with Gasteiger partial charge in [-0.3, -0.25) is 20.4 Å². The van der Waals surface area contributed by atoms with Gasteiger partial charge in [0, 0.05) is 15.6 Å². The fourth-order valence-electron chi connectivity index (χ4n) is 2.56. The summed E-state index contributed by atoms with van der Waals surface area (Å²) in [4.78, 5) is 24.2. The molecule has 6 heteroatoms. The van der Waals surface area contributed by atoms with E-state index < -0.39 is 11.8 Å². The number of para-hydroxylation sites is 1. The Hall–Kier alpha value is -3.12. The summed E-state index contributed by atoms with van der Waals surface area (Å²) in [5.41, 5.74) is 8.10. The highest BCUT2D eigenvalue weighted by Gasteiger charge is 2.11. The van der Waals surface area contributed by atoms with E-state index in [1.807, 2.05) is 61.5 Å². The summed E-state index contributed by atoms with van der Waals surface area (Å²) >= 11 is 3.38. The van der Waals surface area contributed by atoms with Gasteiger partial charge in [0.1, 0.15) is 5.75 Å². The lowest BCUT2D eigenvalue weighted by molar-refractivity contribution is -0.123. The molecule has 3 rings (SSSR count). The molecule has 2 N–H and O–H groups in total. The zero-order chi connectivity index (χ0) is 19.9. The number of hydrazine groups is 1. The summed E-state index contributed by atoms with van der Waals surface area (Å²) < 4.78 is 6.48. The molecule has 0 bridgehead atoms. The first-order valence-electron chi connectivity index (χ1n) is 8.67. The van der Waals surface area contributed by atoms with Gasteiger partial charge in [-0.05, 0) is 36.2 Å². The number of aryl methyl sites for hydroxylation is 1. The van der Waals surface area contributed by atoms with Crippen LogP contribution in [-0.4, -0.2) is 18.4 Å². The largest absolute Gasteiger partial charge is 0.483 e. The number of benzene rings is 3. The molecule has 3 aromatic carbocycles. The third kappa shape index (κ3) is 4.98. The standard InChI is InChI=1S/C22H19BrN2O3/c1-15-11-12-17(13-19(15)23)22(27)25-24-21(26)14-28-20-10-6-5-9-18(20)16-7-3-2-4-8-16/h2-13H,14H2,1H3,(H,24,26)(H,25,27). The maximum absolute atomic E-state index is 12.1. The monoisotopic (exact) mass is 438 g/mol. The van der Waals surface area contributed by atoms with Crippen molar-refractivity contribution in [3.05, 3.63) is 88.4 Å². The van der Waals surface area contributed by atoms with E-state index in [0.717, 1.165) is 21.2 Å². The van der Waals surface area contributed by atoms with E-state index in [4.69, 9.17) is 4.74 Å². The third-order valence-corrected chi connectivity index (χ3v) is 4.93. The zero-order valence-electron chi connectivity index (χ0n) is 15.2. The highest BCUT2D eigenvalue weighted by Crippen LogP contribution is 2.29. The topological polar surface area (TPSA) is 67.4 Å². The number of hydrogen-bond donors (Lipinski definition) is 2. The van der Waals surface area contributed by atoms with Crippen LogP contribution < -0.4 is 15.6 Å². The van der Waals surface area contributed by atoms with E-state index in [9.17, 15) is 9.59 Å². The average molecular weight is 439 g/mol. The van der Waals surface area contributed by atoms with E-state index in [0.29, 0.717) is 11.3 Å². The quantitative estimate of drug-likeness (QED) is 0.584. The Bertz CT molecular complexity index is 990. The summed E-state index contributed by atoms with van der Waals surface area (Å²) in [7, 11) is 0. The van der Waals surface area contributed by atoms with Crippen molar-refractivity contribution < 1.29 is 14.3 Å². The average Bonchev–Trinajstić information content (AvgIpc) is 2.73. The van der Waals surface area contributed by atoms with Crippen molar-refractivity contribution in [2.45, 2.75) is 6.92 Å². The molecule has 0 unspecified atom stereocenters. The molecule has 2 amide bonds. The molecule has 0 aliphatic heterocycles. The zero-order valence-corrected chi connectivity index (χ0v) is 16.8. The van der Waals surface area contributed by atoms with Crippen LogP contribution in [0.1, 0.15) is 15.9 Å². The van der Waals surface area contributed by atoms with E-state index in [2.05, 4.69) is 26.8 Å². The van der Waals surface area contributed by atoms with E-state index in [1.165, 1.54) is 0 Å². The molecular weight excluding hydrogens is 420 g/mol. The molecule has 3 aromatic rings. The first-order chi connectivity index (χ1) is 13.5. The van der Waals surface area contributed by atoms with Crippen LogP contribution in [0.2, 0.25) is 0 Å². The fraction of sp³-hybridized carbons (Fsp3) is 0.0909. The summed E-state index contributed by atoms with van der Waals surface area (Å²) in [5, 5.41) is 0. The Labute approximate surface area is 171 Å². The van der Waals surface area contributed by atoms with E-state index >= 15 is 0 Å². The Morgan fingerprint density at radius 1 is 0.929 bits per heavy atom. The van der Waals surface area contributed by atoms with Crippen LogP contribution in [0.5, 0.6) is 5.75 Å². The third-order valence-electron chi connectivity index (χ3n) is 4.08. The van der Waals surface area contributed by atoms with Crippen molar-refractivity contribution in [2.75, 3.05) is 6.61 Å². The lowest BCUT2D eigenvalue weighted by Gasteiger charge is -2.12. The van der Waals surface area contributed by atoms with Gasteiger partial charge in [0.25, 0.3) is 11.8 Å². The van der Waals surface area contributed by atoms with Crippen LogP contribution >= 0.6 is 15.9 Å². The molecule has 0 aromatic heterocycles. The van der Waals surface area contributed by atoms with Crippen LogP contribution in [0.25, 0.3) is 11.1 Å². The van der Waals surface area contributed by atoms with Gasteiger partial charge in [0.2, 0.25) is 0 Å². The Morgan fingerprint density at radius 2 is 1.64 bits per heavy atom. The second-order valence-corrected chi connectivity index (χ2v) is 6.97. The minimum absolute atomic E-state index is 0.221. The van der Waals surface area contributed by atoms with Crippen molar-refractivity contribution in [3.63, 3.8) is 0 Å². The van der Waals surface area contributed by atoms with Crippen LogP contribution in [0.3, 0.4) is 0 Å². The molecular formula is C22H19BrN2O3. The molecule has 0 atom stereocenters. The van der Waals surface area contributed by atoms with Crippen molar-refractivity contribution >= 4 is 27.7 Å². The predicted molar refractivity (Wildman–Crippen MR) is 112 cm³/mol. The maximum Gasteiger partial charge on any atom is 0.276 e. The number of ether oxygens (including phenoxy) is 1. The normalized spacial score (nSPS) is 10.2. The highest BCUT2D eigenvalue weighted by molar-refractivity contribution is 9.10. The predicted octanol–water partition coefficient (Wildman–Crippen LogP) is 4.26. The molecule has 0 aliphatic carbocycles. The summed E-state index contributed by atoms with van der Waals surface area (Å²) in [6.45, 7) is 1.71. The smallest absolute Gasteiger partial charge is 0.276 e. The lowest BCUT2D eigenvalue weighted by Crippen LogP contribution is -2.43. The van der Waals surface area contributed by atoms with Gasteiger partial charge in [-0.2, -0.15) is 0 Å². The van der Waals surface area contributed by atoms with Crippen LogP contribution in [0, 0.1) is 6.92 Å². The second-order valence-electron chi connectivity index (χ2n) is 6.12. The van der Waals surface area contributed by atoms with Crippen molar-refractivity contribution in [1.82, 2.24) is 10.9 Å². The number of hydrogen-bond acceptors (Lipinski definition) is 3. The molecule has 0 heterocycles. The van der Waals surface area contributed by atoms with Gasteiger partial charge in [-0.15, -0.1) is 0 Å². The van der Waals surface area contributed by atoms with E-state index in [-0.39, 0.29) is 6.61 Å². The molecule has 0 spiro atoms. The van der Waals surface area contributed by atoms with E-state index in [1.54, 1.807) is 18.2 Å². The molecule has 0 saturated carbocycles. The highest BCUT2D eigenvalue weighted by atomic mass is 79.9. The summed E-state index contributed by atoms with van der Waals surface area (Å²) in [5.74, 6) is -0.265. The molecule has 0 fully saturated rings. The molecule has 28 heavy (non-hydrogen) atoms. The Balaban J connectivity index is 1.56. The molecule has 5 nitrogen and oxygen atoms in total. The number of rotatable bonds is 5. The van der Waals surface area contributed by atoms with Crippen molar-refractivity contribution in [3.8, 4) is 16.9 Å². The molecule has 0 radical (unpaired) electrons. The van der Waals surface area contributed by atoms with Crippen molar-refractivity contribution in [2.24, 2.45) is 0 Å². The number of carbonyl (C=O) groups is 2. The van der Waals surface area contributed by atoms with Gasteiger partial charge < -0.3 is 4.74 Å². The lowest BCUT2D eigenvalue weighted by atomic mass is 10.1. The number of carbonyl (C=O) groups excluding carboxylic acids is 2. The maximum atomic E-state index is 12.1. The Morgan fingerprint density at radius 3 is 2.39 bits per heavy atom. The first-order valence-corrected chi connectivity index (χ1v) is 9.46. The summed E-state index contributed by atoms with van der Waals surface area (Å²) in [6, 6.07) is 22.5. The second kappa shape index (κ2) is 9.19. The number of nitrogens with one attached hydrogen (secondary N) is 2. The fourth-order valence-corrected chi connectivity index (χ4v) is 2.94. The number of amides is 2. The molecule has 0 aliphatic rings. The van der Waals surface area contributed by atoms with Gasteiger partial charge in [0.15, 0.2) is 6.61 Å². The Kier molecular flexibility index (Phi) is 6.45. The van der Waals surface area contributed by atoms with Gasteiger partial charge in [0.05, 0.1) is 0 Å².